The molecule has 21 heavy (non-hydrogen) atoms. The van der Waals surface area contributed by atoms with E-state index < -0.39 is 0 Å². The van der Waals surface area contributed by atoms with Gasteiger partial charge in [0.15, 0.2) is 0 Å². The van der Waals surface area contributed by atoms with Crippen LogP contribution < -0.4 is 5.32 Å². The Hall–Kier alpha value is -1.55. The molecule has 2 rings (SSSR count). The summed E-state index contributed by atoms with van der Waals surface area (Å²) in [5.74, 6) is 0.167. The van der Waals surface area contributed by atoms with Gasteiger partial charge in [0, 0.05) is 36.1 Å². The van der Waals surface area contributed by atoms with E-state index in [2.05, 4.69) is 5.32 Å². The first-order valence-corrected chi connectivity index (χ1v) is 7.82. The number of hydrogen-bond donors (Lipinski definition) is 1. The number of hydrogen-bond acceptors (Lipinski definition) is 2. The minimum absolute atomic E-state index is 0.0130. The Bertz CT molecular complexity index is 494. The molecule has 0 radical (unpaired) electrons. The van der Waals surface area contributed by atoms with Crippen molar-refractivity contribution in [3.63, 3.8) is 0 Å². The molecule has 0 aromatic heterocycles. The number of nitrogens with zero attached hydrogens (tertiary/aromatic N) is 1. The summed E-state index contributed by atoms with van der Waals surface area (Å²) >= 11 is 5.83. The third-order valence-electron chi connectivity index (χ3n) is 3.79. The van der Waals surface area contributed by atoms with E-state index in [9.17, 15) is 9.59 Å². The molecule has 1 aliphatic heterocycles. The Morgan fingerprint density at radius 2 is 1.86 bits per heavy atom. The average Bonchev–Trinajstić information content (AvgIpc) is 2.53. The standard InChI is InChI=1S/C16H21ClN2O2/c1-2-9-18-15(20)12-7-10-19(11-8-12)16(21)13-3-5-14(17)6-4-13/h3-6,12H,2,7-11H2,1H3,(H,18,20). The summed E-state index contributed by atoms with van der Waals surface area (Å²) in [5.41, 5.74) is 0.647. The molecule has 114 valence electrons. The highest BCUT2D eigenvalue weighted by molar-refractivity contribution is 6.30. The highest BCUT2D eigenvalue weighted by atomic mass is 35.5. The fraction of sp³-hybridized carbons (Fsp3) is 0.500. The highest BCUT2D eigenvalue weighted by Gasteiger charge is 2.27. The van der Waals surface area contributed by atoms with Crippen molar-refractivity contribution in [2.24, 2.45) is 5.92 Å². The van der Waals surface area contributed by atoms with Gasteiger partial charge in [-0.1, -0.05) is 18.5 Å². The molecular formula is C16H21ClN2O2. The van der Waals surface area contributed by atoms with Gasteiger partial charge < -0.3 is 10.2 Å². The van der Waals surface area contributed by atoms with E-state index in [-0.39, 0.29) is 17.7 Å². The zero-order valence-electron chi connectivity index (χ0n) is 12.3. The number of halogens is 1. The van der Waals surface area contributed by atoms with E-state index in [0.29, 0.717) is 23.7 Å². The van der Waals surface area contributed by atoms with Crippen LogP contribution in [0.1, 0.15) is 36.5 Å². The molecule has 1 aromatic rings. The number of nitrogens with one attached hydrogen (secondary N) is 1. The minimum atomic E-state index is 0.0130. The van der Waals surface area contributed by atoms with E-state index in [0.717, 1.165) is 25.8 Å². The Morgan fingerprint density at radius 1 is 1.24 bits per heavy atom. The van der Waals surface area contributed by atoms with Gasteiger partial charge in [-0.05, 0) is 43.5 Å². The van der Waals surface area contributed by atoms with Gasteiger partial charge in [0.2, 0.25) is 5.91 Å². The summed E-state index contributed by atoms with van der Waals surface area (Å²) in [6.45, 7) is 4.02. The highest BCUT2D eigenvalue weighted by Crippen LogP contribution is 2.20. The first-order chi connectivity index (χ1) is 10.1. The van der Waals surface area contributed by atoms with Crippen LogP contribution in [0.2, 0.25) is 5.02 Å². The Kier molecular flexibility index (Phi) is 5.62. The number of piperidine rings is 1. The monoisotopic (exact) mass is 308 g/mol. The molecule has 0 unspecified atom stereocenters. The van der Waals surface area contributed by atoms with E-state index in [4.69, 9.17) is 11.6 Å². The molecule has 1 aliphatic rings. The summed E-state index contributed by atoms with van der Waals surface area (Å²) in [6, 6.07) is 6.93. The predicted molar refractivity (Wildman–Crippen MR) is 83.4 cm³/mol. The normalized spacial score (nSPS) is 15.8. The molecule has 1 N–H and O–H groups in total. The number of likely N-dealkylation sites (tertiary alicyclic amines) is 1. The van der Waals surface area contributed by atoms with Crippen molar-refractivity contribution in [1.29, 1.82) is 0 Å². The zero-order valence-corrected chi connectivity index (χ0v) is 13.0. The molecule has 5 heteroatoms. The number of benzene rings is 1. The maximum absolute atomic E-state index is 12.3. The lowest BCUT2D eigenvalue weighted by Gasteiger charge is -2.31. The van der Waals surface area contributed by atoms with E-state index in [1.165, 1.54) is 0 Å². The first kappa shape index (κ1) is 15.8. The second-order valence-electron chi connectivity index (χ2n) is 5.36. The molecule has 0 saturated carbocycles. The predicted octanol–water partition coefficient (Wildman–Crippen LogP) is 2.72. The zero-order chi connectivity index (χ0) is 15.2. The summed E-state index contributed by atoms with van der Waals surface area (Å²) in [6.07, 6.45) is 2.41. The minimum Gasteiger partial charge on any atom is -0.356 e. The number of carbonyl (C=O) groups is 2. The van der Waals surface area contributed by atoms with E-state index in [1.807, 2.05) is 11.8 Å². The lowest BCUT2D eigenvalue weighted by molar-refractivity contribution is -0.126. The molecule has 2 amide bonds. The van der Waals surface area contributed by atoms with Crippen LogP contribution in [0.5, 0.6) is 0 Å². The van der Waals surface area contributed by atoms with Gasteiger partial charge in [0.05, 0.1) is 0 Å². The van der Waals surface area contributed by atoms with Crippen LogP contribution in [0.25, 0.3) is 0 Å². The van der Waals surface area contributed by atoms with Gasteiger partial charge in [-0.3, -0.25) is 9.59 Å². The molecule has 0 spiro atoms. The molecule has 0 bridgehead atoms. The van der Waals surface area contributed by atoms with Crippen LogP contribution in [0.3, 0.4) is 0 Å². The van der Waals surface area contributed by atoms with Crippen molar-refractivity contribution < 1.29 is 9.59 Å². The Labute approximate surface area is 130 Å². The van der Waals surface area contributed by atoms with Crippen LogP contribution in [0, 0.1) is 5.92 Å². The van der Waals surface area contributed by atoms with Crippen molar-refractivity contribution in [3.05, 3.63) is 34.9 Å². The molecule has 1 fully saturated rings. The van der Waals surface area contributed by atoms with E-state index in [1.54, 1.807) is 24.3 Å². The van der Waals surface area contributed by atoms with Crippen molar-refractivity contribution in [2.45, 2.75) is 26.2 Å². The molecule has 1 saturated heterocycles. The third kappa shape index (κ3) is 4.21. The Morgan fingerprint density at radius 3 is 2.43 bits per heavy atom. The van der Waals surface area contributed by atoms with Gasteiger partial charge in [0.1, 0.15) is 0 Å². The molecule has 1 heterocycles. The molecule has 4 nitrogen and oxygen atoms in total. The van der Waals surface area contributed by atoms with Gasteiger partial charge in [-0.25, -0.2) is 0 Å². The smallest absolute Gasteiger partial charge is 0.253 e. The SMILES string of the molecule is CCCNC(=O)C1CCN(C(=O)c2ccc(Cl)cc2)CC1. The maximum Gasteiger partial charge on any atom is 0.253 e. The third-order valence-corrected chi connectivity index (χ3v) is 4.05. The molecule has 0 atom stereocenters. The number of rotatable bonds is 4. The van der Waals surface area contributed by atoms with Gasteiger partial charge >= 0.3 is 0 Å². The lowest BCUT2D eigenvalue weighted by atomic mass is 9.95. The second-order valence-corrected chi connectivity index (χ2v) is 5.80. The maximum atomic E-state index is 12.3. The number of carbonyl (C=O) groups excluding carboxylic acids is 2. The van der Waals surface area contributed by atoms with Gasteiger partial charge in [-0.2, -0.15) is 0 Å². The lowest BCUT2D eigenvalue weighted by Crippen LogP contribution is -2.43. The second kappa shape index (κ2) is 7.46. The van der Waals surface area contributed by atoms with Crippen LogP contribution in [0.4, 0.5) is 0 Å². The van der Waals surface area contributed by atoms with Crippen molar-refractivity contribution in [2.75, 3.05) is 19.6 Å². The first-order valence-electron chi connectivity index (χ1n) is 7.44. The van der Waals surface area contributed by atoms with Crippen LogP contribution in [-0.2, 0) is 4.79 Å². The average molecular weight is 309 g/mol. The van der Waals surface area contributed by atoms with Crippen LogP contribution >= 0.6 is 11.6 Å². The molecular weight excluding hydrogens is 288 g/mol. The van der Waals surface area contributed by atoms with E-state index >= 15 is 0 Å². The fourth-order valence-corrected chi connectivity index (χ4v) is 2.64. The van der Waals surface area contributed by atoms with Crippen LogP contribution in [-0.4, -0.2) is 36.3 Å². The Balaban J connectivity index is 1.87. The fourth-order valence-electron chi connectivity index (χ4n) is 2.51. The van der Waals surface area contributed by atoms with Gasteiger partial charge in [-0.15, -0.1) is 0 Å². The van der Waals surface area contributed by atoms with Crippen molar-refractivity contribution in [1.82, 2.24) is 10.2 Å². The summed E-state index contributed by atoms with van der Waals surface area (Å²) in [7, 11) is 0. The quantitative estimate of drug-likeness (QED) is 0.930. The summed E-state index contributed by atoms with van der Waals surface area (Å²) in [5, 5.41) is 3.55. The summed E-state index contributed by atoms with van der Waals surface area (Å²) in [4.78, 5) is 26.1. The largest absolute Gasteiger partial charge is 0.356 e. The molecule has 1 aromatic carbocycles. The van der Waals surface area contributed by atoms with Crippen LogP contribution in [0.15, 0.2) is 24.3 Å². The number of amides is 2. The molecule has 0 aliphatic carbocycles. The topological polar surface area (TPSA) is 49.4 Å². The summed E-state index contributed by atoms with van der Waals surface area (Å²) < 4.78 is 0. The van der Waals surface area contributed by atoms with Gasteiger partial charge in [0.25, 0.3) is 5.91 Å². The van der Waals surface area contributed by atoms with Crippen molar-refractivity contribution >= 4 is 23.4 Å². The van der Waals surface area contributed by atoms with Crippen molar-refractivity contribution in [3.8, 4) is 0 Å².